The summed E-state index contributed by atoms with van der Waals surface area (Å²) in [5, 5.41) is 3.33. The molecule has 0 saturated heterocycles. The van der Waals surface area contributed by atoms with E-state index in [1.165, 1.54) is 12.1 Å². The lowest BCUT2D eigenvalue weighted by atomic mass is 9.97. The summed E-state index contributed by atoms with van der Waals surface area (Å²) in [5.41, 5.74) is -0.0255. The van der Waals surface area contributed by atoms with Gasteiger partial charge in [0.25, 0.3) is 0 Å². The van der Waals surface area contributed by atoms with Crippen LogP contribution in [0.25, 0.3) is 0 Å². The molecule has 1 unspecified atom stereocenters. The van der Waals surface area contributed by atoms with Crippen LogP contribution in [0.2, 0.25) is 0 Å². The van der Waals surface area contributed by atoms with Crippen LogP contribution in [-0.4, -0.2) is 5.54 Å². The maximum absolute atomic E-state index is 12.6. The number of halogens is 3. The van der Waals surface area contributed by atoms with E-state index in [0.29, 0.717) is 5.56 Å². The summed E-state index contributed by atoms with van der Waals surface area (Å²) in [7, 11) is 0. The third-order valence-corrected chi connectivity index (χ3v) is 3.21. The molecule has 1 rings (SSSR count). The Morgan fingerprint density at radius 2 is 1.83 bits per heavy atom. The average Bonchev–Trinajstić information content (AvgIpc) is 2.27. The fourth-order valence-electron chi connectivity index (χ4n) is 1.76. The van der Waals surface area contributed by atoms with Gasteiger partial charge in [-0.15, -0.1) is 0 Å². The molecule has 0 fully saturated rings. The molecule has 1 atom stereocenters. The lowest BCUT2D eigenvalue weighted by molar-refractivity contribution is -0.137. The van der Waals surface area contributed by atoms with E-state index in [0.717, 1.165) is 12.5 Å². The second-order valence-corrected chi connectivity index (χ2v) is 5.23. The van der Waals surface area contributed by atoms with Gasteiger partial charge in [0.05, 0.1) is 5.56 Å². The number of hydrogen-bond donors (Lipinski definition) is 1. The third kappa shape index (κ3) is 4.02. The van der Waals surface area contributed by atoms with E-state index in [2.05, 4.69) is 5.32 Å². The quantitative estimate of drug-likeness (QED) is 0.836. The van der Waals surface area contributed by atoms with Gasteiger partial charge in [0.1, 0.15) is 0 Å². The van der Waals surface area contributed by atoms with Crippen molar-refractivity contribution < 1.29 is 13.2 Å². The number of rotatable bonds is 4. The molecule has 0 aliphatic carbocycles. The zero-order valence-corrected chi connectivity index (χ0v) is 11.2. The van der Waals surface area contributed by atoms with Gasteiger partial charge in [-0.3, -0.25) is 0 Å². The zero-order valence-electron chi connectivity index (χ0n) is 11.2. The topological polar surface area (TPSA) is 12.0 Å². The summed E-state index contributed by atoms with van der Waals surface area (Å²) in [4.78, 5) is 0. The summed E-state index contributed by atoms with van der Waals surface area (Å²) in [6, 6.07) is 5.38. The van der Waals surface area contributed by atoms with Crippen molar-refractivity contribution in [2.75, 3.05) is 0 Å². The Kier molecular flexibility index (Phi) is 4.43. The second kappa shape index (κ2) is 5.31. The van der Waals surface area contributed by atoms with Crippen LogP contribution in [0.5, 0.6) is 0 Å². The van der Waals surface area contributed by atoms with E-state index < -0.39 is 11.7 Å². The van der Waals surface area contributed by atoms with E-state index in [4.69, 9.17) is 0 Å². The molecule has 1 aromatic rings. The van der Waals surface area contributed by atoms with Crippen LogP contribution >= 0.6 is 0 Å². The van der Waals surface area contributed by atoms with Crippen molar-refractivity contribution >= 4 is 0 Å². The van der Waals surface area contributed by atoms with Crippen molar-refractivity contribution in [2.24, 2.45) is 0 Å². The molecule has 1 N–H and O–H groups in total. The molecule has 18 heavy (non-hydrogen) atoms. The Balaban J connectivity index is 2.90. The molecule has 0 spiro atoms. The minimum Gasteiger partial charge on any atom is -0.305 e. The molecular formula is C14H20F3N. The van der Waals surface area contributed by atoms with Gasteiger partial charge < -0.3 is 5.32 Å². The van der Waals surface area contributed by atoms with Gasteiger partial charge in [-0.2, -0.15) is 13.2 Å². The molecule has 0 radical (unpaired) electrons. The van der Waals surface area contributed by atoms with E-state index in [1.807, 2.05) is 27.7 Å². The molecule has 0 aliphatic rings. The molecule has 0 heterocycles. The molecular weight excluding hydrogens is 239 g/mol. The SMILES string of the molecule is CCC(C)(C)NC(C)c1cccc(C(F)(F)F)c1. The minimum atomic E-state index is -4.28. The second-order valence-electron chi connectivity index (χ2n) is 5.23. The van der Waals surface area contributed by atoms with Crippen LogP contribution in [0.3, 0.4) is 0 Å². The van der Waals surface area contributed by atoms with E-state index in [-0.39, 0.29) is 11.6 Å². The van der Waals surface area contributed by atoms with Gasteiger partial charge in [-0.25, -0.2) is 0 Å². The molecule has 0 saturated carbocycles. The highest BCUT2D eigenvalue weighted by Gasteiger charge is 2.31. The lowest BCUT2D eigenvalue weighted by Crippen LogP contribution is -2.40. The van der Waals surface area contributed by atoms with Crippen LogP contribution in [0, 0.1) is 0 Å². The highest BCUT2D eigenvalue weighted by atomic mass is 19.4. The number of benzene rings is 1. The van der Waals surface area contributed by atoms with E-state index in [9.17, 15) is 13.2 Å². The first kappa shape index (κ1) is 15.0. The third-order valence-electron chi connectivity index (χ3n) is 3.21. The molecule has 1 aromatic carbocycles. The van der Waals surface area contributed by atoms with Crippen molar-refractivity contribution in [2.45, 2.75) is 51.9 Å². The highest BCUT2D eigenvalue weighted by molar-refractivity contribution is 5.27. The summed E-state index contributed by atoms with van der Waals surface area (Å²) in [6.07, 6.45) is -3.37. The maximum Gasteiger partial charge on any atom is 0.416 e. The highest BCUT2D eigenvalue weighted by Crippen LogP contribution is 2.31. The van der Waals surface area contributed by atoms with Crippen LogP contribution in [0.15, 0.2) is 24.3 Å². The van der Waals surface area contributed by atoms with Crippen molar-refractivity contribution in [3.05, 3.63) is 35.4 Å². The van der Waals surface area contributed by atoms with Crippen molar-refractivity contribution in [1.29, 1.82) is 0 Å². The summed E-state index contributed by atoms with van der Waals surface area (Å²) in [6.45, 7) is 8.01. The number of hydrogen-bond acceptors (Lipinski definition) is 1. The van der Waals surface area contributed by atoms with Crippen molar-refractivity contribution in [3.8, 4) is 0 Å². The predicted molar refractivity (Wildman–Crippen MR) is 67.4 cm³/mol. The first-order valence-corrected chi connectivity index (χ1v) is 6.10. The lowest BCUT2D eigenvalue weighted by Gasteiger charge is -2.29. The molecule has 0 amide bonds. The Morgan fingerprint density at radius 3 is 2.33 bits per heavy atom. The largest absolute Gasteiger partial charge is 0.416 e. The summed E-state index contributed by atoms with van der Waals surface area (Å²) >= 11 is 0. The normalized spacial score (nSPS) is 14.6. The molecule has 0 aromatic heterocycles. The Hall–Kier alpha value is -1.03. The predicted octanol–water partition coefficient (Wildman–Crippen LogP) is 4.54. The van der Waals surface area contributed by atoms with Gasteiger partial charge in [0, 0.05) is 11.6 Å². The maximum atomic E-state index is 12.6. The fraction of sp³-hybridized carbons (Fsp3) is 0.571. The summed E-state index contributed by atoms with van der Waals surface area (Å²) in [5.74, 6) is 0. The van der Waals surface area contributed by atoms with Gasteiger partial charge in [-0.1, -0.05) is 19.1 Å². The average molecular weight is 259 g/mol. The van der Waals surface area contributed by atoms with Crippen LogP contribution in [-0.2, 0) is 6.18 Å². The standard InChI is InChI=1S/C14H20F3N/c1-5-13(3,4)18-10(2)11-7-6-8-12(9-11)14(15,16)17/h6-10,18H,5H2,1-4H3. The Labute approximate surface area is 106 Å². The van der Waals surface area contributed by atoms with Gasteiger partial charge in [0.2, 0.25) is 0 Å². The van der Waals surface area contributed by atoms with Crippen LogP contribution < -0.4 is 5.32 Å². The van der Waals surface area contributed by atoms with E-state index >= 15 is 0 Å². The molecule has 0 bridgehead atoms. The number of alkyl halides is 3. The van der Waals surface area contributed by atoms with Gasteiger partial charge >= 0.3 is 6.18 Å². The minimum absolute atomic E-state index is 0.0896. The Bertz CT molecular complexity index is 396. The Morgan fingerprint density at radius 1 is 1.22 bits per heavy atom. The van der Waals surface area contributed by atoms with Gasteiger partial charge in [0.15, 0.2) is 0 Å². The first-order chi connectivity index (χ1) is 8.15. The molecule has 102 valence electrons. The smallest absolute Gasteiger partial charge is 0.305 e. The first-order valence-electron chi connectivity index (χ1n) is 6.10. The zero-order chi connectivity index (χ0) is 14.0. The van der Waals surface area contributed by atoms with E-state index in [1.54, 1.807) is 6.07 Å². The number of nitrogens with one attached hydrogen (secondary N) is 1. The van der Waals surface area contributed by atoms with Crippen molar-refractivity contribution in [1.82, 2.24) is 5.32 Å². The molecule has 4 heteroatoms. The van der Waals surface area contributed by atoms with Crippen LogP contribution in [0.1, 0.15) is 51.3 Å². The monoisotopic (exact) mass is 259 g/mol. The van der Waals surface area contributed by atoms with Crippen LogP contribution in [0.4, 0.5) is 13.2 Å². The van der Waals surface area contributed by atoms with Crippen molar-refractivity contribution in [3.63, 3.8) is 0 Å². The van der Waals surface area contributed by atoms with Gasteiger partial charge in [-0.05, 0) is 44.9 Å². The molecule has 0 aliphatic heterocycles. The fourth-order valence-corrected chi connectivity index (χ4v) is 1.76. The summed E-state index contributed by atoms with van der Waals surface area (Å²) < 4.78 is 37.8. The molecule has 1 nitrogen and oxygen atoms in total.